The molecule has 160 valence electrons. The minimum atomic E-state index is -0.705. The van der Waals surface area contributed by atoms with Gasteiger partial charge in [0.2, 0.25) is 0 Å². The van der Waals surface area contributed by atoms with Gasteiger partial charge >= 0.3 is 5.97 Å². The van der Waals surface area contributed by atoms with Gasteiger partial charge in [-0.3, -0.25) is 0 Å². The van der Waals surface area contributed by atoms with E-state index < -0.39 is 12.1 Å². The number of carbonyl (C=O) groups excluding carboxylic acids is 1. The Morgan fingerprint density at radius 1 is 1.33 bits per heavy atom. The first-order valence-corrected chi connectivity index (χ1v) is 9.69. The third-order valence-electron chi connectivity index (χ3n) is 4.38. The standard InChI is InChI=1S/C21H26N4O5/c1-14-5-2-7-18(29-10-4-9-24-25-23)8-3-6-16(22)11-15-12-17(26)13-19(27)20(15)21(28)30-14/h2-3,6-7,12-14,18,22,26-27H,4-5,8-11H2,1H3/b6-3+,7-2+,22-16?/t14-,18-/m1/s1. The normalized spacial score (nSPS) is 22.2. The molecule has 0 unspecified atom stereocenters. The van der Waals surface area contributed by atoms with Gasteiger partial charge in [-0.2, -0.15) is 0 Å². The van der Waals surface area contributed by atoms with Crippen LogP contribution in [0, 0.1) is 5.41 Å². The highest BCUT2D eigenvalue weighted by Crippen LogP contribution is 2.29. The maximum Gasteiger partial charge on any atom is 0.342 e. The Bertz CT molecular complexity index is 874. The molecule has 3 N–H and O–H groups in total. The molecular formula is C21H26N4O5. The van der Waals surface area contributed by atoms with Gasteiger partial charge in [0.15, 0.2) is 0 Å². The largest absolute Gasteiger partial charge is 0.508 e. The topological polar surface area (TPSA) is 149 Å². The highest BCUT2D eigenvalue weighted by Gasteiger charge is 2.22. The Morgan fingerprint density at radius 3 is 2.90 bits per heavy atom. The minimum Gasteiger partial charge on any atom is -0.508 e. The molecule has 30 heavy (non-hydrogen) atoms. The van der Waals surface area contributed by atoms with Crippen LogP contribution in [0.4, 0.5) is 0 Å². The number of nitrogens with one attached hydrogen (secondary N) is 1. The van der Waals surface area contributed by atoms with E-state index in [0.717, 1.165) is 6.07 Å². The molecule has 0 fully saturated rings. The second-order valence-electron chi connectivity index (χ2n) is 6.94. The van der Waals surface area contributed by atoms with Crippen molar-refractivity contribution in [3.05, 3.63) is 58.0 Å². The van der Waals surface area contributed by atoms with Crippen LogP contribution in [0.2, 0.25) is 0 Å². The molecule has 0 saturated carbocycles. The van der Waals surface area contributed by atoms with E-state index in [1.165, 1.54) is 6.07 Å². The molecule has 2 rings (SSSR count). The van der Waals surface area contributed by atoms with Crippen LogP contribution in [-0.2, 0) is 15.9 Å². The number of nitrogens with zero attached hydrogens (tertiary/aromatic N) is 3. The molecule has 0 spiro atoms. The first-order valence-electron chi connectivity index (χ1n) is 9.69. The van der Waals surface area contributed by atoms with Gasteiger partial charge in [-0.1, -0.05) is 23.3 Å². The van der Waals surface area contributed by atoms with E-state index in [0.29, 0.717) is 38.0 Å². The van der Waals surface area contributed by atoms with Crippen LogP contribution in [0.25, 0.3) is 10.4 Å². The van der Waals surface area contributed by atoms with Crippen LogP contribution < -0.4 is 0 Å². The summed E-state index contributed by atoms with van der Waals surface area (Å²) < 4.78 is 11.2. The first kappa shape index (κ1) is 23.0. The van der Waals surface area contributed by atoms with Crippen LogP contribution in [0.1, 0.15) is 42.1 Å². The third-order valence-corrected chi connectivity index (χ3v) is 4.38. The van der Waals surface area contributed by atoms with Crippen LogP contribution in [0.15, 0.2) is 41.6 Å². The minimum absolute atomic E-state index is 0.0416. The van der Waals surface area contributed by atoms with Crippen LogP contribution in [0.3, 0.4) is 0 Å². The number of phenolic OH excluding ortho intramolecular Hbond substituents is 2. The number of benzene rings is 1. The number of cyclic esters (lactones) is 1. The van der Waals surface area contributed by atoms with E-state index in [9.17, 15) is 15.0 Å². The number of azide groups is 1. The molecule has 0 aliphatic carbocycles. The maximum atomic E-state index is 12.6. The molecule has 1 aromatic rings. The highest BCUT2D eigenvalue weighted by molar-refractivity contribution is 5.99. The van der Waals surface area contributed by atoms with Crippen molar-refractivity contribution in [3.8, 4) is 11.5 Å². The first-order chi connectivity index (χ1) is 14.4. The average Bonchev–Trinajstić information content (AvgIpc) is 2.66. The number of aromatic hydroxyl groups is 2. The average molecular weight is 414 g/mol. The van der Waals surface area contributed by atoms with E-state index in [-0.39, 0.29) is 35.3 Å². The summed E-state index contributed by atoms with van der Waals surface area (Å²) in [7, 11) is 0. The summed E-state index contributed by atoms with van der Waals surface area (Å²) in [6.45, 7) is 2.53. The van der Waals surface area contributed by atoms with E-state index in [2.05, 4.69) is 10.0 Å². The summed E-state index contributed by atoms with van der Waals surface area (Å²) in [4.78, 5) is 15.3. The highest BCUT2D eigenvalue weighted by atomic mass is 16.5. The Hall–Kier alpha value is -3.29. The van der Waals surface area contributed by atoms with Crippen molar-refractivity contribution in [1.82, 2.24) is 0 Å². The third kappa shape index (κ3) is 7.27. The van der Waals surface area contributed by atoms with Crippen molar-refractivity contribution in [2.75, 3.05) is 13.2 Å². The molecule has 2 atom stereocenters. The number of ether oxygens (including phenoxy) is 2. The number of fused-ring (bicyclic) bond motifs is 1. The summed E-state index contributed by atoms with van der Waals surface area (Å²) in [5, 5.41) is 31.6. The van der Waals surface area contributed by atoms with Crippen molar-refractivity contribution in [3.63, 3.8) is 0 Å². The quantitative estimate of drug-likeness (QED) is 0.165. The molecule has 0 radical (unpaired) electrons. The molecule has 1 aliphatic heterocycles. The van der Waals surface area contributed by atoms with Gasteiger partial charge in [-0.15, -0.1) is 0 Å². The fourth-order valence-electron chi connectivity index (χ4n) is 2.98. The number of phenols is 2. The second kappa shape index (κ2) is 11.6. The molecule has 1 aliphatic rings. The van der Waals surface area contributed by atoms with Crippen LogP contribution in [0.5, 0.6) is 11.5 Å². The predicted molar refractivity (Wildman–Crippen MR) is 112 cm³/mol. The van der Waals surface area contributed by atoms with Gasteiger partial charge in [0.1, 0.15) is 23.2 Å². The fourth-order valence-corrected chi connectivity index (χ4v) is 2.98. The van der Waals surface area contributed by atoms with E-state index in [1.807, 2.05) is 12.2 Å². The summed E-state index contributed by atoms with van der Waals surface area (Å²) >= 11 is 0. The Morgan fingerprint density at radius 2 is 2.13 bits per heavy atom. The van der Waals surface area contributed by atoms with Crippen molar-refractivity contribution in [1.29, 1.82) is 5.41 Å². The molecular weight excluding hydrogens is 388 g/mol. The molecule has 0 aromatic heterocycles. The zero-order valence-corrected chi connectivity index (χ0v) is 16.8. The number of allylic oxidation sites excluding steroid dienone is 1. The zero-order chi connectivity index (χ0) is 21.9. The van der Waals surface area contributed by atoms with Gasteiger partial charge in [-0.05, 0) is 43.0 Å². The number of carbonyl (C=O) groups is 1. The molecule has 0 amide bonds. The summed E-state index contributed by atoms with van der Waals surface area (Å²) in [5.74, 6) is -1.28. The maximum absolute atomic E-state index is 12.6. The molecule has 0 bridgehead atoms. The monoisotopic (exact) mass is 414 g/mol. The zero-order valence-electron chi connectivity index (χ0n) is 16.8. The second-order valence-corrected chi connectivity index (χ2v) is 6.94. The van der Waals surface area contributed by atoms with Crippen molar-refractivity contribution in [2.45, 2.75) is 44.8 Å². The lowest BCUT2D eigenvalue weighted by atomic mass is 9.99. The summed E-state index contributed by atoms with van der Waals surface area (Å²) in [6.07, 6.45) is 8.11. The predicted octanol–water partition coefficient (Wildman–Crippen LogP) is 4.20. The molecule has 9 nitrogen and oxygen atoms in total. The molecule has 1 aromatic carbocycles. The Kier molecular flexibility index (Phi) is 8.93. The van der Waals surface area contributed by atoms with Gasteiger partial charge in [0.05, 0.1) is 6.10 Å². The van der Waals surface area contributed by atoms with Crippen molar-refractivity contribution < 1.29 is 24.5 Å². The summed E-state index contributed by atoms with van der Waals surface area (Å²) in [6, 6.07) is 2.43. The fraction of sp³-hybridized carbons (Fsp3) is 0.429. The van der Waals surface area contributed by atoms with Gasteiger partial charge in [0.25, 0.3) is 0 Å². The van der Waals surface area contributed by atoms with E-state index >= 15 is 0 Å². The number of hydrogen-bond acceptors (Lipinski definition) is 7. The van der Waals surface area contributed by atoms with E-state index in [1.54, 1.807) is 19.1 Å². The molecule has 9 heteroatoms. The Balaban J connectivity index is 2.19. The lowest BCUT2D eigenvalue weighted by Gasteiger charge is -2.17. The lowest BCUT2D eigenvalue weighted by Crippen LogP contribution is -2.18. The smallest absolute Gasteiger partial charge is 0.342 e. The van der Waals surface area contributed by atoms with Gasteiger partial charge in [-0.25, -0.2) is 4.79 Å². The number of hydrogen-bond donors (Lipinski definition) is 3. The van der Waals surface area contributed by atoms with Crippen LogP contribution >= 0.6 is 0 Å². The van der Waals surface area contributed by atoms with Crippen molar-refractivity contribution in [2.24, 2.45) is 5.11 Å². The van der Waals surface area contributed by atoms with Crippen LogP contribution in [-0.4, -0.2) is 47.3 Å². The molecule has 1 heterocycles. The Labute approximate surface area is 174 Å². The van der Waals surface area contributed by atoms with Gasteiger partial charge < -0.3 is 25.1 Å². The number of esters is 1. The van der Waals surface area contributed by atoms with E-state index in [4.69, 9.17) is 20.4 Å². The van der Waals surface area contributed by atoms with Gasteiger partial charge in [0, 0.05) is 42.7 Å². The van der Waals surface area contributed by atoms with Crippen molar-refractivity contribution >= 4 is 11.7 Å². The summed E-state index contributed by atoms with van der Waals surface area (Å²) in [5.41, 5.74) is 8.78. The lowest BCUT2D eigenvalue weighted by molar-refractivity contribution is 0.0342. The SMILES string of the molecule is C[C@@H]1C/C=C/[C@@H](OCCCN=[N+]=[N-])C/C=C/C(=N)Cc2cc(O)cc(O)c2C(=O)O1. The number of rotatable bonds is 5. The molecule has 0 saturated heterocycles.